The fourth-order valence-electron chi connectivity index (χ4n) is 0.972. The van der Waals surface area contributed by atoms with E-state index in [1.165, 1.54) is 0 Å². The lowest BCUT2D eigenvalue weighted by Gasteiger charge is -2.12. The van der Waals surface area contributed by atoms with Crippen molar-refractivity contribution in [2.24, 2.45) is 5.92 Å². The number of hydrogen-bond acceptors (Lipinski definition) is 2. The summed E-state index contributed by atoms with van der Waals surface area (Å²) in [7, 11) is 0. The molecule has 0 aliphatic carbocycles. The zero-order chi connectivity index (χ0) is 12.1. The molecular formula is C11H13IN2OS. The zero-order valence-electron chi connectivity index (χ0n) is 9.08. The largest absolute Gasteiger partial charge is 0.332 e. The van der Waals surface area contributed by atoms with Crippen molar-refractivity contribution in [1.29, 1.82) is 0 Å². The summed E-state index contributed by atoms with van der Waals surface area (Å²) in [6.45, 7) is 3.65. The van der Waals surface area contributed by atoms with Crippen LogP contribution in [0.25, 0.3) is 0 Å². The molecule has 1 aromatic rings. The Morgan fingerprint density at radius 1 is 1.38 bits per heavy atom. The molecule has 0 spiro atoms. The molecule has 0 atom stereocenters. The highest BCUT2D eigenvalue weighted by molar-refractivity contribution is 14.1. The third-order valence-corrected chi connectivity index (χ3v) is 3.03. The molecule has 86 valence electrons. The average molecular weight is 348 g/mol. The summed E-state index contributed by atoms with van der Waals surface area (Å²) in [4.78, 5) is 11.4. The summed E-state index contributed by atoms with van der Waals surface area (Å²) in [6, 6.07) is 7.74. The fourth-order valence-corrected chi connectivity index (χ4v) is 1.71. The molecule has 1 aromatic carbocycles. The van der Waals surface area contributed by atoms with Crippen LogP contribution in [0.4, 0.5) is 5.69 Å². The van der Waals surface area contributed by atoms with Crippen molar-refractivity contribution in [2.75, 3.05) is 5.32 Å². The van der Waals surface area contributed by atoms with Crippen molar-refractivity contribution in [3.63, 3.8) is 0 Å². The van der Waals surface area contributed by atoms with E-state index in [1.54, 1.807) is 0 Å². The first kappa shape index (κ1) is 13.4. The fraction of sp³-hybridized carbons (Fsp3) is 0.273. The van der Waals surface area contributed by atoms with E-state index in [4.69, 9.17) is 12.2 Å². The van der Waals surface area contributed by atoms with E-state index in [0.29, 0.717) is 5.11 Å². The van der Waals surface area contributed by atoms with Gasteiger partial charge in [0.1, 0.15) is 0 Å². The van der Waals surface area contributed by atoms with Crippen molar-refractivity contribution >= 4 is 51.5 Å². The number of para-hydroxylation sites is 1. The van der Waals surface area contributed by atoms with Gasteiger partial charge in [0.25, 0.3) is 0 Å². The summed E-state index contributed by atoms with van der Waals surface area (Å²) in [5.41, 5.74) is 0.900. The number of hydrogen-bond donors (Lipinski definition) is 2. The Morgan fingerprint density at radius 3 is 2.56 bits per heavy atom. The summed E-state index contributed by atoms with van der Waals surface area (Å²) >= 11 is 7.25. The highest BCUT2D eigenvalue weighted by Crippen LogP contribution is 2.16. The van der Waals surface area contributed by atoms with Gasteiger partial charge in [0, 0.05) is 9.49 Å². The SMILES string of the molecule is CC(C)C(=O)NC(=S)Nc1ccccc1I. The smallest absolute Gasteiger partial charge is 0.228 e. The number of thiocarbonyl (C=S) groups is 1. The lowest BCUT2D eigenvalue weighted by Crippen LogP contribution is -2.36. The number of carbonyl (C=O) groups excluding carboxylic acids is 1. The van der Waals surface area contributed by atoms with Crippen LogP contribution < -0.4 is 10.6 Å². The van der Waals surface area contributed by atoms with Crippen molar-refractivity contribution in [3.05, 3.63) is 27.8 Å². The van der Waals surface area contributed by atoms with Gasteiger partial charge in [-0.05, 0) is 46.9 Å². The quantitative estimate of drug-likeness (QED) is 0.638. The molecule has 0 aliphatic heterocycles. The minimum atomic E-state index is -0.0801. The number of carbonyl (C=O) groups is 1. The molecule has 0 unspecified atom stereocenters. The summed E-state index contributed by atoms with van der Waals surface area (Å²) in [5.74, 6) is -0.155. The van der Waals surface area contributed by atoms with Gasteiger partial charge in [-0.1, -0.05) is 26.0 Å². The molecule has 0 saturated heterocycles. The molecule has 0 radical (unpaired) electrons. The van der Waals surface area contributed by atoms with Gasteiger partial charge in [0.05, 0.1) is 5.69 Å². The standard InChI is InChI=1S/C11H13IN2OS/c1-7(2)10(15)14-11(16)13-9-6-4-3-5-8(9)12/h3-7H,1-2H3,(H2,13,14,15,16). The molecule has 3 nitrogen and oxygen atoms in total. The number of halogens is 1. The van der Waals surface area contributed by atoms with Gasteiger partial charge in [-0.3, -0.25) is 4.79 Å². The second-order valence-electron chi connectivity index (χ2n) is 3.58. The Labute approximate surface area is 114 Å². The minimum absolute atomic E-state index is 0.0744. The molecule has 1 rings (SSSR count). The van der Waals surface area contributed by atoms with Crippen molar-refractivity contribution < 1.29 is 4.79 Å². The second-order valence-corrected chi connectivity index (χ2v) is 5.15. The highest BCUT2D eigenvalue weighted by Gasteiger charge is 2.09. The molecule has 0 saturated carbocycles. The normalized spacial score (nSPS) is 10.0. The first-order valence-electron chi connectivity index (χ1n) is 4.87. The van der Waals surface area contributed by atoms with Crippen LogP contribution in [0, 0.1) is 9.49 Å². The second kappa shape index (κ2) is 6.15. The van der Waals surface area contributed by atoms with Crippen LogP contribution in [0.2, 0.25) is 0 Å². The van der Waals surface area contributed by atoms with Crippen LogP contribution in [0.5, 0.6) is 0 Å². The van der Waals surface area contributed by atoms with E-state index < -0.39 is 0 Å². The number of rotatable bonds is 2. The summed E-state index contributed by atoms with van der Waals surface area (Å²) in [6.07, 6.45) is 0. The van der Waals surface area contributed by atoms with Crippen LogP contribution in [0.15, 0.2) is 24.3 Å². The maximum atomic E-state index is 11.4. The van der Waals surface area contributed by atoms with Crippen molar-refractivity contribution in [1.82, 2.24) is 5.32 Å². The topological polar surface area (TPSA) is 41.1 Å². The van der Waals surface area contributed by atoms with Crippen molar-refractivity contribution in [3.8, 4) is 0 Å². The minimum Gasteiger partial charge on any atom is -0.332 e. The Hall–Kier alpha value is -0.690. The Morgan fingerprint density at radius 2 is 2.00 bits per heavy atom. The molecule has 0 fully saturated rings. The third-order valence-electron chi connectivity index (χ3n) is 1.88. The predicted molar refractivity (Wildman–Crippen MR) is 78.4 cm³/mol. The Kier molecular flexibility index (Phi) is 5.14. The van der Waals surface area contributed by atoms with Gasteiger partial charge >= 0.3 is 0 Å². The zero-order valence-corrected chi connectivity index (χ0v) is 12.1. The highest BCUT2D eigenvalue weighted by atomic mass is 127. The van der Waals surface area contributed by atoms with Gasteiger partial charge in [-0.25, -0.2) is 0 Å². The van der Waals surface area contributed by atoms with Crippen LogP contribution >= 0.6 is 34.8 Å². The Balaban J connectivity index is 2.59. The van der Waals surface area contributed by atoms with E-state index in [0.717, 1.165) is 9.26 Å². The molecular weight excluding hydrogens is 335 g/mol. The van der Waals surface area contributed by atoms with E-state index in [-0.39, 0.29) is 11.8 Å². The van der Waals surface area contributed by atoms with Crippen LogP contribution in [0.1, 0.15) is 13.8 Å². The molecule has 16 heavy (non-hydrogen) atoms. The summed E-state index contributed by atoms with van der Waals surface area (Å²) < 4.78 is 1.06. The van der Waals surface area contributed by atoms with Crippen LogP contribution in [-0.2, 0) is 4.79 Å². The van der Waals surface area contributed by atoms with Gasteiger partial charge in [0.15, 0.2) is 5.11 Å². The van der Waals surface area contributed by atoms with Crippen molar-refractivity contribution in [2.45, 2.75) is 13.8 Å². The molecule has 0 aromatic heterocycles. The monoisotopic (exact) mass is 348 g/mol. The molecule has 2 N–H and O–H groups in total. The summed E-state index contributed by atoms with van der Waals surface area (Å²) in [5, 5.41) is 5.96. The number of amides is 1. The number of nitrogens with one attached hydrogen (secondary N) is 2. The molecule has 0 bridgehead atoms. The first-order valence-corrected chi connectivity index (χ1v) is 6.35. The maximum absolute atomic E-state index is 11.4. The van der Waals surface area contributed by atoms with E-state index in [1.807, 2.05) is 38.1 Å². The lowest BCUT2D eigenvalue weighted by molar-refractivity contribution is -0.122. The number of benzene rings is 1. The van der Waals surface area contributed by atoms with Crippen LogP contribution in [-0.4, -0.2) is 11.0 Å². The van der Waals surface area contributed by atoms with Gasteiger partial charge < -0.3 is 10.6 Å². The molecule has 1 amide bonds. The number of anilines is 1. The van der Waals surface area contributed by atoms with E-state index in [9.17, 15) is 4.79 Å². The third kappa shape index (κ3) is 4.05. The van der Waals surface area contributed by atoms with Gasteiger partial charge in [0.2, 0.25) is 5.91 Å². The van der Waals surface area contributed by atoms with Crippen LogP contribution in [0.3, 0.4) is 0 Å². The predicted octanol–water partition coefficient (Wildman–Crippen LogP) is 2.76. The lowest BCUT2D eigenvalue weighted by atomic mass is 10.2. The molecule has 5 heteroatoms. The molecule has 0 aliphatic rings. The molecule has 0 heterocycles. The maximum Gasteiger partial charge on any atom is 0.228 e. The Bertz CT molecular complexity index is 407. The average Bonchev–Trinajstić information content (AvgIpc) is 2.21. The van der Waals surface area contributed by atoms with E-state index in [2.05, 4.69) is 33.2 Å². The first-order chi connectivity index (χ1) is 7.50. The van der Waals surface area contributed by atoms with E-state index >= 15 is 0 Å². The van der Waals surface area contributed by atoms with Gasteiger partial charge in [-0.15, -0.1) is 0 Å². The van der Waals surface area contributed by atoms with Gasteiger partial charge in [-0.2, -0.15) is 0 Å².